The molecule has 0 heterocycles. The van der Waals surface area contributed by atoms with Crippen LogP contribution in [0.5, 0.6) is 5.75 Å². The van der Waals surface area contributed by atoms with Gasteiger partial charge in [-0.15, -0.1) is 0 Å². The Balaban J connectivity index is 2.32. The highest BCUT2D eigenvalue weighted by Crippen LogP contribution is 2.21. The fraction of sp³-hybridized carbons (Fsp3) is 0.462. The minimum atomic E-state index is -3.94. The first-order chi connectivity index (χ1) is 16.9. The van der Waals surface area contributed by atoms with Crippen molar-refractivity contribution in [2.75, 3.05) is 20.2 Å². The van der Waals surface area contributed by atoms with Gasteiger partial charge in [-0.3, -0.25) is 9.59 Å². The quantitative estimate of drug-likeness (QED) is 0.372. The molecule has 0 aromatic heterocycles. The number of aliphatic hydroxyl groups excluding tert-OH is 1. The summed E-state index contributed by atoms with van der Waals surface area (Å²) in [5, 5.41) is 16.5. The highest BCUT2D eigenvalue weighted by molar-refractivity contribution is 7.89. The van der Waals surface area contributed by atoms with Gasteiger partial charge in [-0.05, 0) is 49.1 Å². The average molecular weight is 520 g/mol. The van der Waals surface area contributed by atoms with E-state index in [1.54, 1.807) is 19.1 Å². The molecule has 10 heteroatoms. The van der Waals surface area contributed by atoms with Gasteiger partial charge in [0, 0.05) is 20.0 Å². The van der Waals surface area contributed by atoms with Crippen LogP contribution in [0, 0.1) is 5.92 Å². The summed E-state index contributed by atoms with van der Waals surface area (Å²) in [5.41, 5.74) is 0.863. The Morgan fingerprint density at radius 3 is 2.11 bits per heavy atom. The summed E-state index contributed by atoms with van der Waals surface area (Å²) in [7, 11) is -2.44. The molecule has 0 aliphatic rings. The fourth-order valence-electron chi connectivity index (χ4n) is 3.74. The second-order valence-electron chi connectivity index (χ2n) is 9.19. The van der Waals surface area contributed by atoms with Crippen molar-refractivity contribution >= 4 is 21.8 Å². The lowest BCUT2D eigenvalue weighted by Gasteiger charge is -2.31. The predicted octanol–water partition coefficient (Wildman–Crippen LogP) is 1.95. The number of hydrogen-bond acceptors (Lipinski definition) is 6. The SMILES string of the molecule is COc1ccc(S(=O)(=O)N(CC(C)C)CC(O)C(Cc2ccccc2)NC(=O)[C@H](C)NC(C)=O)cc1. The molecule has 0 aliphatic carbocycles. The highest BCUT2D eigenvalue weighted by atomic mass is 32.2. The molecular weight excluding hydrogens is 482 g/mol. The standard InChI is InChI=1S/C26H37N3O6S/c1-18(2)16-29(36(33,34)23-13-11-22(35-5)12-14-23)17-25(31)24(15-21-9-7-6-8-10-21)28-26(32)19(3)27-20(4)30/h6-14,18-19,24-25,31H,15-17H2,1-5H3,(H,27,30)(H,28,32)/t19-,24?,25?/m0/s1. The molecule has 2 unspecified atom stereocenters. The molecule has 2 aromatic carbocycles. The number of rotatable bonds is 13. The summed E-state index contributed by atoms with van der Waals surface area (Å²) in [6.07, 6.45) is -0.941. The first-order valence-corrected chi connectivity index (χ1v) is 13.3. The molecular formula is C26H37N3O6S. The van der Waals surface area contributed by atoms with E-state index in [2.05, 4.69) is 10.6 Å². The third-order valence-electron chi connectivity index (χ3n) is 5.56. The van der Waals surface area contributed by atoms with Gasteiger partial charge in [0.1, 0.15) is 11.8 Å². The Bertz CT molecular complexity index is 1090. The number of methoxy groups -OCH3 is 1. The number of carbonyl (C=O) groups is 2. The van der Waals surface area contributed by atoms with E-state index >= 15 is 0 Å². The molecule has 3 atom stereocenters. The Hall–Kier alpha value is -2.95. The van der Waals surface area contributed by atoms with Crippen LogP contribution in [-0.2, 0) is 26.0 Å². The third kappa shape index (κ3) is 8.61. The Morgan fingerprint density at radius 2 is 1.58 bits per heavy atom. The van der Waals surface area contributed by atoms with Crippen LogP contribution in [0.4, 0.5) is 0 Å². The maximum Gasteiger partial charge on any atom is 0.243 e. The van der Waals surface area contributed by atoms with E-state index in [0.29, 0.717) is 5.75 Å². The molecule has 2 amide bonds. The molecule has 0 fully saturated rings. The second kappa shape index (κ2) is 13.4. The summed E-state index contributed by atoms with van der Waals surface area (Å²) in [6.45, 7) is 6.59. The molecule has 9 nitrogen and oxygen atoms in total. The van der Waals surface area contributed by atoms with E-state index in [0.717, 1.165) is 5.56 Å². The molecule has 0 saturated carbocycles. The molecule has 2 rings (SSSR count). The first kappa shape index (κ1) is 29.3. The Morgan fingerprint density at radius 1 is 0.972 bits per heavy atom. The van der Waals surface area contributed by atoms with Crippen LogP contribution in [0.1, 0.15) is 33.3 Å². The summed E-state index contributed by atoms with van der Waals surface area (Å²) < 4.78 is 33.3. The van der Waals surface area contributed by atoms with E-state index in [1.165, 1.54) is 30.5 Å². The summed E-state index contributed by atoms with van der Waals surface area (Å²) in [5.74, 6) is -0.305. The zero-order valence-corrected chi connectivity index (χ0v) is 22.3. The zero-order chi connectivity index (χ0) is 26.9. The van der Waals surface area contributed by atoms with E-state index in [-0.39, 0.29) is 36.2 Å². The Kier molecular flexibility index (Phi) is 10.9. The maximum absolute atomic E-state index is 13.5. The lowest BCUT2D eigenvalue weighted by atomic mass is 10.0. The number of aliphatic hydroxyl groups is 1. The second-order valence-corrected chi connectivity index (χ2v) is 11.1. The predicted molar refractivity (Wildman–Crippen MR) is 138 cm³/mol. The highest BCUT2D eigenvalue weighted by Gasteiger charge is 2.32. The molecule has 0 bridgehead atoms. The van der Waals surface area contributed by atoms with Gasteiger partial charge < -0.3 is 20.5 Å². The third-order valence-corrected chi connectivity index (χ3v) is 7.41. The number of ether oxygens (including phenoxy) is 1. The molecule has 36 heavy (non-hydrogen) atoms. The summed E-state index contributed by atoms with van der Waals surface area (Å²) in [6, 6.07) is 13.7. The van der Waals surface area contributed by atoms with Crippen LogP contribution in [0.15, 0.2) is 59.5 Å². The van der Waals surface area contributed by atoms with Gasteiger partial charge >= 0.3 is 0 Å². The van der Waals surface area contributed by atoms with E-state index in [9.17, 15) is 23.1 Å². The van der Waals surface area contributed by atoms with Gasteiger partial charge in [-0.1, -0.05) is 44.2 Å². The first-order valence-electron chi connectivity index (χ1n) is 11.9. The van der Waals surface area contributed by atoms with Gasteiger partial charge in [0.2, 0.25) is 21.8 Å². The zero-order valence-electron chi connectivity index (χ0n) is 21.5. The maximum atomic E-state index is 13.5. The van der Waals surface area contributed by atoms with Crippen LogP contribution in [0.2, 0.25) is 0 Å². The number of nitrogens with zero attached hydrogens (tertiary/aromatic N) is 1. The van der Waals surface area contributed by atoms with Crippen LogP contribution in [0.25, 0.3) is 0 Å². The summed E-state index contributed by atoms with van der Waals surface area (Å²) in [4.78, 5) is 24.2. The van der Waals surface area contributed by atoms with Crippen molar-refractivity contribution in [2.24, 2.45) is 5.92 Å². The molecule has 3 N–H and O–H groups in total. The molecule has 0 radical (unpaired) electrons. The molecule has 198 valence electrons. The Labute approximate surface area is 213 Å². The topological polar surface area (TPSA) is 125 Å². The average Bonchev–Trinajstić information content (AvgIpc) is 2.83. The summed E-state index contributed by atoms with van der Waals surface area (Å²) >= 11 is 0. The van der Waals surface area contributed by atoms with Crippen molar-refractivity contribution in [3.63, 3.8) is 0 Å². The van der Waals surface area contributed by atoms with E-state index in [1.807, 2.05) is 44.2 Å². The van der Waals surface area contributed by atoms with Gasteiger partial charge in [-0.2, -0.15) is 4.31 Å². The van der Waals surface area contributed by atoms with Crippen molar-refractivity contribution in [1.82, 2.24) is 14.9 Å². The normalized spacial score (nSPS) is 14.2. The lowest BCUT2D eigenvalue weighted by molar-refractivity contribution is -0.128. The van der Waals surface area contributed by atoms with Crippen LogP contribution in [-0.4, -0.2) is 68.0 Å². The largest absolute Gasteiger partial charge is 0.497 e. The van der Waals surface area contributed by atoms with Gasteiger partial charge in [-0.25, -0.2) is 8.42 Å². The van der Waals surface area contributed by atoms with Crippen molar-refractivity contribution in [3.8, 4) is 5.75 Å². The van der Waals surface area contributed by atoms with E-state index in [4.69, 9.17) is 4.74 Å². The fourth-order valence-corrected chi connectivity index (χ4v) is 5.36. The molecule has 0 spiro atoms. The van der Waals surface area contributed by atoms with Crippen molar-refractivity contribution in [3.05, 3.63) is 60.2 Å². The number of nitrogens with one attached hydrogen (secondary N) is 2. The monoisotopic (exact) mass is 519 g/mol. The van der Waals surface area contributed by atoms with Crippen LogP contribution < -0.4 is 15.4 Å². The van der Waals surface area contributed by atoms with Crippen molar-refractivity contribution < 1.29 is 27.9 Å². The van der Waals surface area contributed by atoms with Gasteiger partial charge in [0.25, 0.3) is 0 Å². The molecule has 0 saturated heterocycles. The van der Waals surface area contributed by atoms with Crippen molar-refractivity contribution in [1.29, 1.82) is 0 Å². The van der Waals surface area contributed by atoms with E-state index < -0.39 is 34.1 Å². The smallest absolute Gasteiger partial charge is 0.243 e. The minimum Gasteiger partial charge on any atom is -0.497 e. The molecule has 2 aromatic rings. The number of carbonyl (C=O) groups excluding carboxylic acids is 2. The van der Waals surface area contributed by atoms with Gasteiger partial charge in [0.15, 0.2) is 0 Å². The van der Waals surface area contributed by atoms with Crippen molar-refractivity contribution in [2.45, 2.75) is 57.2 Å². The number of hydrogen-bond donors (Lipinski definition) is 3. The van der Waals surface area contributed by atoms with Crippen LogP contribution in [0.3, 0.4) is 0 Å². The van der Waals surface area contributed by atoms with Gasteiger partial charge in [0.05, 0.1) is 24.2 Å². The minimum absolute atomic E-state index is 0.00724. The number of amides is 2. The molecule has 0 aliphatic heterocycles. The number of benzene rings is 2. The number of sulfonamides is 1. The lowest BCUT2D eigenvalue weighted by Crippen LogP contribution is -2.54. The van der Waals surface area contributed by atoms with Crippen LogP contribution >= 0.6 is 0 Å².